The normalized spacial score (nSPS) is 12.1. The Morgan fingerprint density at radius 3 is 3.05 bits per heavy atom. The first-order chi connectivity index (χ1) is 9.42. The number of fused-ring (bicyclic) bond motifs is 1. The third-order valence-electron chi connectivity index (χ3n) is 2.22. The summed E-state index contributed by atoms with van der Waals surface area (Å²) >= 11 is 7.11. The van der Waals surface area contributed by atoms with Gasteiger partial charge < -0.3 is 10.5 Å². The average Bonchev–Trinajstić information content (AvgIpc) is 2.86. The summed E-state index contributed by atoms with van der Waals surface area (Å²) in [5.74, 6) is -0.619. The zero-order valence-corrected chi connectivity index (χ0v) is 12.5. The Morgan fingerprint density at radius 2 is 2.35 bits per heavy atom. The van der Waals surface area contributed by atoms with Gasteiger partial charge in [-0.25, -0.2) is 18.1 Å². The first kappa shape index (κ1) is 15.2. The lowest BCUT2D eigenvalue weighted by Crippen LogP contribution is -2.29. The summed E-state index contributed by atoms with van der Waals surface area (Å²) in [6.45, 7) is -0.251. The predicted octanol–water partition coefficient (Wildman–Crippen LogP) is -0.171. The van der Waals surface area contributed by atoms with Crippen molar-refractivity contribution in [3.05, 3.63) is 16.7 Å². The van der Waals surface area contributed by atoms with Gasteiger partial charge in [0.25, 0.3) is 10.0 Å². The van der Waals surface area contributed by atoms with Crippen molar-refractivity contribution in [2.75, 3.05) is 19.8 Å². The van der Waals surface area contributed by atoms with Crippen LogP contribution in [-0.4, -0.2) is 43.5 Å². The minimum absolute atomic E-state index is 0.0106. The number of thiazole rings is 1. The molecule has 8 nitrogen and oxygen atoms in total. The number of hydrogen-bond donors (Lipinski definition) is 2. The SMILES string of the molecule is NC(=O)COCCNS(=O)(=O)c1c(Cl)nc2sccn12. The molecular weight excluding hydrogens is 328 g/mol. The van der Waals surface area contributed by atoms with Gasteiger partial charge in [-0.1, -0.05) is 11.6 Å². The molecule has 0 aliphatic heterocycles. The highest BCUT2D eigenvalue weighted by molar-refractivity contribution is 7.89. The van der Waals surface area contributed by atoms with E-state index in [1.165, 1.54) is 15.7 Å². The minimum Gasteiger partial charge on any atom is -0.370 e. The molecule has 20 heavy (non-hydrogen) atoms. The van der Waals surface area contributed by atoms with E-state index in [0.29, 0.717) is 4.96 Å². The van der Waals surface area contributed by atoms with E-state index in [-0.39, 0.29) is 29.9 Å². The van der Waals surface area contributed by atoms with E-state index >= 15 is 0 Å². The quantitative estimate of drug-likeness (QED) is 0.680. The fraction of sp³-hybridized carbons (Fsp3) is 0.333. The second-order valence-corrected chi connectivity index (χ2v) is 6.59. The van der Waals surface area contributed by atoms with Crippen molar-refractivity contribution < 1.29 is 17.9 Å². The van der Waals surface area contributed by atoms with Gasteiger partial charge in [-0.15, -0.1) is 11.3 Å². The number of imidazole rings is 1. The van der Waals surface area contributed by atoms with Crippen LogP contribution in [0.15, 0.2) is 16.6 Å². The topological polar surface area (TPSA) is 116 Å². The van der Waals surface area contributed by atoms with Crippen LogP contribution in [0.2, 0.25) is 5.15 Å². The van der Waals surface area contributed by atoms with Crippen molar-refractivity contribution in [3.8, 4) is 0 Å². The minimum atomic E-state index is -3.82. The monoisotopic (exact) mass is 338 g/mol. The Balaban J connectivity index is 2.05. The van der Waals surface area contributed by atoms with Crippen LogP contribution in [0.1, 0.15) is 0 Å². The van der Waals surface area contributed by atoms with E-state index in [0.717, 1.165) is 0 Å². The molecule has 0 fully saturated rings. The molecule has 11 heteroatoms. The number of aromatic nitrogens is 2. The van der Waals surface area contributed by atoms with Gasteiger partial charge in [-0.05, 0) is 0 Å². The molecule has 0 spiro atoms. The molecule has 2 heterocycles. The van der Waals surface area contributed by atoms with Gasteiger partial charge >= 0.3 is 0 Å². The van der Waals surface area contributed by atoms with Gasteiger partial charge in [0.05, 0.1) is 6.61 Å². The van der Waals surface area contributed by atoms with E-state index in [1.807, 2.05) is 0 Å². The first-order valence-corrected chi connectivity index (χ1v) is 8.12. The maximum Gasteiger partial charge on any atom is 0.259 e. The number of sulfonamides is 1. The Labute approximate surface area is 123 Å². The molecule has 110 valence electrons. The number of amides is 1. The van der Waals surface area contributed by atoms with Crippen molar-refractivity contribution in [1.82, 2.24) is 14.1 Å². The zero-order valence-electron chi connectivity index (χ0n) is 10.1. The number of nitrogens with one attached hydrogen (secondary N) is 1. The maximum atomic E-state index is 12.1. The molecular formula is C9H11ClN4O4S2. The molecule has 0 atom stereocenters. The molecule has 3 N–H and O–H groups in total. The van der Waals surface area contributed by atoms with E-state index in [2.05, 4.69) is 9.71 Å². The number of halogens is 1. The summed E-state index contributed by atoms with van der Waals surface area (Å²) < 4.78 is 32.8. The molecule has 0 bridgehead atoms. The molecule has 2 rings (SSSR count). The zero-order chi connectivity index (χ0) is 14.8. The van der Waals surface area contributed by atoms with Crippen molar-refractivity contribution in [1.29, 1.82) is 0 Å². The lowest BCUT2D eigenvalue weighted by Gasteiger charge is -2.06. The number of primary amides is 1. The summed E-state index contributed by atoms with van der Waals surface area (Å²) in [5, 5.41) is 1.49. The molecule has 0 saturated heterocycles. The number of nitrogens with two attached hydrogens (primary N) is 1. The smallest absolute Gasteiger partial charge is 0.259 e. The van der Waals surface area contributed by atoms with Gasteiger partial charge in [0.15, 0.2) is 15.1 Å². The molecule has 2 aromatic heterocycles. The third-order valence-corrected chi connectivity index (χ3v) is 4.83. The number of rotatable bonds is 7. The summed E-state index contributed by atoms with van der Waals surface area (Å²) in [4.78, 5) is 14.9. The van der Waals surface area contributed by atoms with Gasteiger partial charge in [-0.3, -0.25) is 9.20 Å². The molecule has 0 aromatic carbocycles. The van der Waals surface area contributed by atoms with Gasteiger partial charge in [0.2, 0.25) is 5.91 Å². The Morgan fingerprint density at radius 1 is 1.60 bits per heavy atom. The first-order valence-electron chi connectivity index (χ1n) is 5.38. The second kappa shape index (κ2) is 6.06. The van der Waals surface area contributed by atoms with Crippen LogP contribution in [0, 0.1) is 0 Å². The number of nitrogens with zero attached hydrogens (tertiary/aromatic N) is 2. The highest BCUT2D eigenvalue weighted by Crippen LogP contribution is 2.24. The van der Waals surface area contributed by atoms with Crippen molar-refractivity contribution >= 4 is 43.8 Å². The van der Waals surface area contributed by atoms with E-state index < -0.39 is 15.9 Å². The Hall–Kier alpha value is -1.20. The van der Waals surface area contributed by atoms with Crippen LogP contribution in [0.5, 0.6) is 0 Å². The van der Waals surface area contributed by atoms with E-state index in [1.54, 1.807) is 11.6 Å². The Bertz CT molecular complexity index is 723. The van der Waals surface area contributed by atoms with Crippen LogP contribution >= 0.6 is 22.9 Å². The standard InChI is InChI=1S/C9H11ClN4O4S2/c10-7-8(14-2-4-19-9(14)13-7)20(16,17)12-1-3-18-5-6(11)15/h2,4,12H,1,3,5H2,(H2,11,15). The van der Waals surface area contributed by atoms with Crippen LogP contribution in [0.3, 0.4) is 0 Å². The Kier molecular flexibility index (Phi) is 4.60. The van der Waals surface area contributed by atoms with Crippen molar-refractivity contribution in [2.45, 2.75) is 5.03 Å². The molecule has 0 unspecified atom stereocenters. The number of ether oxygens (including phenoxy) is 1. The summed E-state index contributed by atoms with van der Waals surface area (Å²) in [7, 11) is -3.82. The number of carbonyl (C=O) groups excluding carboxylic acids is 1. The van der Waals surface area contributed by atoms with E-state index in [4.69, 9.17) is 22.1 Å². The number of hydrogen-bond acceptors (Lipinski definition) is 6. The molecule has 0 saturated carbocycles. The fourth-order valence-electron chi connectivity index (χ4n) is 1.47. The van der Waals surface area contributed by atoms with Gasteiger partial charge in [0, 0.05) is 18.1 Å². The van der Waals surface area contributed by atoms with Crippen molar-refractivity contribution in [3.63, 3.8) is 0 Å². The van der Waals surface area contributed by atoms with Crippen LogP contribution in [0.25, 0.3) is 4.96 Å². The van der Waals surface area contributed by atoms with Crippen LogP contribution in [-0.2, 0) is 19.6 Å². The highest BCUT2D eigenvalue weighted by Gasteiger charge is 2.24. The largest absolute Gasteiger partial charge is 0.370 e. The summed E-state index contributed by atoms with van der Waals surface area (Å²) in [6, 6.07) is 0. The number of carbonyl (C=O) groups is 1. The second-order valence-electron chi connectivity index (χ2n) is 3.68. The van der Waals surface area contributed by atoms with Crippen LogP contribution in [0.4, 0.5) is 0 Å². The highest BCUT2D eigenvalue weighted by atomic mass is 35.5. The molecule has 0 aliphatic carbocycles. The molecule has 1 amide bonds. The lowest BCUT2D eigenvalue weighted by atomic mass is 10.6. The van der Waals surface area contributed by atoms with Gasteiger partial charge in [0.1, 0.15) is 6.61 Å². The maximum absolute atomic E-state index is 12.1. The summed E-state index contributed by atoms with van der Waals surface area (Å²) in [5.41, 5.74) is 4.88. The van der Waals surface area contributed by atoms with E-state index in [9.17, 15) is 13.2 Å². The molecule has 0 aliphatic rings. The predicted molar refractivity (Wildman–Crippen MR) is 73.3 cm³/mol. The fourth-order valence-corrected chi connectivity index (χ4v) is 3.93. The van der Waals surface area contributed by atoms with Gasteiger partial charge in [-0.2, -0.15) is 0 Å². The molecule has 2 aromatic rings. The third kappa shape index (κ3) is 3.27. The average molecular weight is 339 g/mol. The molecule has 0 radical (unpaired) electrons. The van der Waals surface area contributed by atoms with Crippen molar-refractivity contribution in [2.24, 2.45) is 5.73 Å². The van der Waals surface area contributed by atoms with Crippen LogP contribution < -0.4 is 10.5 Å². The lowest BCUT2D eigenvalue weighted by molar-refractivity contribution is -0.122. The summed E-state index contributed by atoms with van der Waals surface area (Å²) in [6.07, 6.45) is 1.57.